The zero-order chi connectivity index (χ0) is 23.2. The molecule has 1 aromatic carbocycles. The molecule has 3 heterocycles. The highest BCUT2D eigenvalue weighted by Gasteiger charge is 2.46. The lowest BCUT2D eigenvalue weighted by molar-refractivity contribution is -0.125. The van der Waals surface area contributed by atoms with Gasteiger partial charge in [0.15, 0.2) is 5.58 Å². The molecule has 33 heavy (non-hydrogen) atoms. The van der Waals surface area contributed by atoms with Crippen molar-refractivity contribution < 1.29 is 9.21 Å². The number of hydrogen-bond donors (Lipinski definition) is 2. The lowest BCUT2D eigenvalue weighted by atomic mass is 9.82. The molecule has 0 radical (unpaired) electrons. The van der Waals surface area contributed by atoms with Crippen molar-refractivity contribution in [2.24, 2.45) is 16.8 Å². The van der Waals surface area contributed by atoms with Gasteiger partial charge in [-0.25, -0.2) is 4.79 Å². The normalized spacial score (nSPS) is 25.5. The number of amidine groups is 1. The number of carbonyl (C=O) groups is 1. The molecule has 0 unspecified atom stereocenters. The molecule has 2 N–H and O–H groups in total. The molecule has 5 rings (SSSR count). The summed E-state index contributed by atoms with van der Waals surface area (Å²) < 4.78 is 5.34. The van der Waals surface area contributed by atoms with Gasteiger partial charge in [-0.2, -0.15) is 0 Å². The zero-order valence-electron chi connectivity index (χ0n) is 20.1. The van der Waals surface area contributed by atoms with Crippen LogP contribution in [0.4, 0.5) is 0 Å². The van der Waals surface area contributed by atoms with Gasteiger partial charge in [-0.15, -0.1) is 0 Å². The first-order valence-electron chi connectivity index (χ1n) is 12.6. The van der Waals surface area contributed by atoms with E-state index in [0.29, 0.717) is 11.5 Å². The standard InChI is InChI=1S/C26H36N4O3/c1-16-6-8-19(9-7-16)23-28-24(31)26(29-23)10-13-30(14-11-26)12-4-5-20-17(2)15-21-22(18(20)3)33-25(32)27-21/h15-16,19H,4-14H2,1-3H3,(H,27,32)(H,28,29,31)/t16-,19-. The monoisotopic (exact) mass is 452 g/mol. The van der Waals surface area contributed by atoms with Crippen LogP contribution >= 0.6 is 0 Å². The quantitative estimate of drug-likeness (QED) is 0.721. The smallest absolute Gasteiger partial charge is 0.408 e. The first-order valence-corrected chi connectivity index (χ1v) is 12.6. The van der Waals surface area contributed by atoms with Crippen LogP contribution in [0.25, 0.3) is 11.1 Å². The van der Waals surface area contributed by atoms with Crippen LogP contribution in [0.2, 0.25) is 0 Å². The number of H-pyrrole nitrogens is 1. The van der Waals surface area contributed by atoms with Gasteiger partial charge in [0.1, 0.15) is 11.4 Å². The number of aliphatic imine (C=N–C) groups is 1. The molecule has 2 aliphatic heterocycles. The maximum Gasteiger partial charge on any atom is 0.417 e. The highest BCUT2D eigenvalue weighted by Crippen LogP contribution is 2.35. The number of aromatic amines is 1. The summed E-state index contributed by atoms with van der Waals surface area (Å²) >= 11 is 0. The first-order chi connectivity index (χ1) is 15.8. The summed E-state index contributed by atoms with van der Waals surface area (Å²) in [7, 11) is 0. The molecule has 1 amide bonds. The van der Waals surface area contributed by atoms with E-state index in [0.717, 1.165) is 81.0 Å². The molecule has 0 atom stereocenters. The Labute approximate surface area is 195 Å². The Morgan fingerprint density at radius 2 is 1.88 bits per heavy atom. The molecule has 178 valence electrons. The van der Waals surface area contributed by atoms with Crippen LogP contribution in [0.1, 0.15) is 68.6 Å². The van der Waals surface area contributed by atoms with Gasteiger partial charge in [0.2, 0.25) is 0 Å². The van der Waals surface area contributed by atoms with Crippen LogP contribution in [0.5, 0.6) is 0 Å². The Morgan fingerprint density at radius 3 is 2.61 bits per heavy atom. The molecular weight excluding hydrogens is 416 g/mol. The van der Waals surface area contributed by atoms with Crippen molar-refractivity contribution in [1.82, 2.24) is 15.2 Å². The van der Waals surface area contributed by atoms with Crippen molar-refractivity contribution in [3.8, 4) is 0 Å². The second-order valence-electron chi connectivity index (χ2n) is 10.6. The number of fused-ring (bicyclic) bond motifs is 1. The minimum Gasteiger partial charge on any atom is -0.408 e. The summed E-state index contributed by atoms with van der Waals surface area (Å²) in [6.07, 6.45) is 8.39. The summed E-state index contributed by atoms with van der Waals surface area (Å²) in [6.45, 7) is 9.28. The third kappa shape index (κ3) is 4.27. The van der Waals surface area contributed by atoms with E-state index in [1.165, 1.54) is 24.0 Å². The molecule has 1 saturated heterocycles. The number of hydrogen-bond acceptors (Lipinski definition) is 5. The number of nitrogens with one attached hydrogen (secondary N) is 2. The van der Waals surface area contributed by atoms with E-state index in [1.54, 1.807) is 0 Å². The van der Waals surface area contributed by atoms with E-state index in [-0.39, 0.29) is 5.91 Å². The van der Waals surface area contributed by atoms with Crippen molar-refractivity contribution in [2.75, 3.05) is 19.6 Å². The average molecular weight is 453 g/mol. The van der Waals surface area contributed by atoms with Gasteiger partial charge in [-0.1, -0.05) is 19.8 Å². The topological polar surface area (TPSA) is 90.7 Å². The number of nitrogens with zero attached hydrogens (tertiary/aromatic N) is 2. The third-order valence-corrected chi connectivity index (χ3v) is 8.29. The van der Waals surface area contributed by atoms with Gasteiger partial charge in [-0.05, 0) is 87.6 Å². The first kappa shape index (κ1) is 22.4. The van der Waals surface area contributed by atoms with Crippen LogP contribution in [-0.4, -0.2) is 46.8 Å². The van der Waals surface area contributed by atoms with E-state index in [9.17, 15) is 9.59 Å². The van der Waals surface area contributed by atoms with Crippen LogP contribution in [-0.2, 0) is 11.2 Å². The number of benzene rings is 1. The molecule has 1 saturated carbocycles. The lowest BCUT2D eigenvalue weighted by Gasteiger charge is -2.35. The van der Waals surface area contributed by atoms with Gasteiger partial charge in [0, 0.05) is 19.0 Å². The van der Waals surface area contributed by atoms with Gasteiger partial charge < -0.3 is 14.6 Å². The molecule has 7 nitrogen and oxygen atoms in total. The highest BCUT2D eigenvalue weighted by molar-refractivity contribution is 6.09. The maximum atomic E-state index is 12.9. The number of likely N-dealkylation sites (tertiary alicyclic amines) is 1. The van der Waals surface area contributed by atoms with E-state index in [4.69, 9.17) is 9.41 Å². The maximum absolute atomic E-state index is 12.9. The van der Waals surface area contributed by atoms with Gasteiger partial charge in [0.05, 0.1) is 5.52 Å². The molecular formula is C26H36N4O3. The molecule has 0 bridgehead atoms. The van der Waals surface area contributed by atoms with E-state index in [2.05, 4.69) is 29.0 Å². The van der Waals surface area contributed by atoms with Crippen LogP contribution < -0.4 is 11.1 Å². The van der Waals surface area contributed by atoms with Crippen molar-refractivity contribution in [3.05, 3.63) is 33.3 Å². The lowest BCUT2D eigenvalue weighted by Crippen LogP contribution is -2.49. The fourth-order valence-corrected chi connectivity index (χ4v) is 6.07. The number of aromatic nitrogens is 1. The van der Waals surface area contributed by atoms with Crippen molar-refractivity contribution in [1.29, 1.82) is 0 Å². The second kappa shape index (κ2) is 8.75. The van der Waals surface area contributed by atoms with Crippen molar-refractivity contribution in [2.45, 2.75) is 77.7 Å². The Morgan fingerprint density at radius 1 is 1.15 bits per heavy atom. The van der Waals surface area contributed by atoms with Crippen molar-refractivity contribution in [3.63, 3.8) is 0 Å². The Bertz CT molecular complexity index is 1130. The number of oxazole rings is 1. The molecule has 1 aliphatic carbocycles. The van der Waals surface area contributed by atoms with Gasteiger partial charge in [0.25, 0.3) is 5.91 Å². The highest BCUT2D eigenvalue weighted by atomic mass is 16.4. The number of carbonyl (C=O) groups excluding carboxylic acids is 1. The fraction of sp³-hybridized carbons (Fsp3) is 0.654. The Balaban J connectivity index is 1.17. The fourth-order valence-electron chi connectivity index (χ4n) is 6.07. The number of aryl methyl sites for hydroxylation is 2. The number of rotatable bonds is 5. The minimum absolute atomic E-state index is 0.128. The summed E-state index contributed by atoms with van der Waals surface area (Å²) in [5.74, 6) is 1.94. The van der Waals surface area contributed by atoms with E-state index >= 15 is 0 Å². The number of amides is 1. The number of piperidine rings is 1. The predicted octanol–water partition coefficient (Wildman–Crippen LogP) is 3.86. The predicted molar refractivity (Wildman–Crippen MR) is 130 cm³/mol. The zero-order valence-corrected chi connectivity index (χ0v) is 20.1. The van der Waals surface area contributed by atoms with Gasteiger partial charge in [-0.3, -0.25) is 14.8 Å². The molecule has 3 aliphatic rings. The molecule has 2 aromatic rings. The third-order valence-electron chi connectivity index (χ3n) is 8.29. The summed E-state index contributed by atoms with van der Waals surface area (Å²) in [5, 5.41) is 3.17. The van der Waals surface area contributed by atoms with Crippen molar-refractivity contribution >= 4 is 22.8 Å². The molecule has 2 fully saturated rings. The Hall–Kier alpha value is -2.41. The van der Waals surface area contributed by atoms with E-state index in [1.807, 2.05) is 13.0 Å². The summed E-state index contributed by atoms with van der Waals surface area (Å²) in [6, 6.07) is 2.01. The summed E-state index contributed by atoms with van der Waals surface area (Å²) in [5.41, 5.74) is 4.44. The largest absolute Gasteiger partial charge is 0.417 e. The van der Waals surface area contributed by atoms with Crippen LogP contribution in [0.3, 0.4) is 0 Å². The molecule has 1 spiro atoms. The van der Waals surface area contributed by atoms with E-state index < -0.39 is 11.3 Å². The SMILES string of the molecule is Cc1cc2[nH]c(=O)oc2c(C)c1CCCN1CCC2(CC1)N=C([C@H]1CC[C@H](C)CC1)NC2=O. The minimum atomic E-state index is -0.529. The van der Waals surface area contributed by atoms with Gasteiger partial charge >= 0.3 is 5.76 Å². The average Bonchev–Trinajstić information content (AvgIpc) is 3.32. The molecule has 1 aromatic heterocycles. The van der Waals surface area contributed by atoms with Crippen LogP contribution in [0.15, 0.2) is 20.3 Å². The second-order valence-corrected chi connectivity index (χ2v) is 10.6. The molecule has 7 heteroatoms. The Kier molecular flexibility index (Phi) is 5.93. The summed E-state index contributed by atoms with van der Waals surface area (Å²) in [4.78, 5) is 34.7. The van der Waals surface area contributed by atoms with Crippen LogP contribution in [0, 0.1) is 25.7 Å².